The van der Waals surface area contributed by atoms with Crippen LogP contribution >= 0.6 is 0 Å². The van der Waals surface area contributed by atoms with Crippen molar-refractivity contribution in [1.82, 2.24) is 10.5 Å². The molecule has 1 atom stereocenters. The minimum absolute atomic E-state index is 0.229. The lowest BCUT2D eigenvalue weighted by Crippen LogP contribution is -2.38. The summed E-state index contributed by atoms with van der Waals surface area (Å²) >= 11 is 0. The van der Waals surface area contributed by atoms with E-state index in [2.05, 4.69) is 10.5 Å². The van der Waals surface area contributed by atoms with E-state index < -0.39 is 17.9 Å². The summed E-state index contributed by atoms with van der Waals surface area (Å²) in [4.78, 5) is 22.4. The van der Waals surface area contributed by atoms with E-state index in [0.29, 0.717) is 0 Å². The first-order chi connectivity index (χ1) is 8.09. The third kappa shape index (κ3) is 2.30. The topological polar surface area (TPSA) is 92.4 Å². The van der Waals surface area contributed by atoms with Gasteiger partial charge in [-0.25, -0.2) is 0 Å². The van der Waals surface area contributed by atoms with Crippen LogP contribution in [0.15, 0.2) is 4.52 Å². The van der Waals surface area contributed by atoms with Gasteiger partial charge in [0.15, 0.2) is 5.69 Å². The molecule has 0 radical (unpaired) electrons. The average Bonchev–Trinajstić information content (AvgIpc) is 2.72. The van der Waals surface area contributed by atoms with Gasteiger partial charge in [0.25, 0.3) is 5.91 Å². The first-order valence-electron chi connectivity index (χ1n) is 5.60. The first-order valence-corrected chi connectivity index (χ1v) is 5.60. The number of hydrogen-bond acceptors (Lipinski definition) is 4. The molecule has 0 fully saturated rings. The third-order valence-electron chi connectivity index (χ3n) is 2.88. The molecule has 6 nitrogen and oxygen atoms in total. The third-order valence-corrected chi connectivity index (χ3v) is 2.88. The second-order valence-corrected chi connectivity index (χ2v) is 4.17. The molecule has 0 aliphatic heterocycles. The van der Waals surface area contributed by atoms with Crippen molar-refractivity contribution < 1.29 is 19.2 Å². The fraction of sp³-hybridized carbons (Fsp3) is 0.545. The summed E-state index contributed by atoms with van der Waals surface area (Å²) in [5.74, 6) is -0.799. The van der Waals surface area contributed by atoms with E-state index in [1.54, 1.807) is 0 Å². The molecule has 0 spiro atoms. The zero-order valence-corrected chi connectivity index (χ0v) is 9.52. The van der Waals surface area contributed by atoms with E-state index in [4.69, 9.17) is 9.63 Å². The van der Waals surface area contributed by atoms with E-state index in [1.165, 1.54) is 6.92 Å². The number of fused-ring (bicyclic) bond motifs is 1. The average molecular weight is 238 g/mol. The van der Waals surface area contributed by atoms with Gasteiger partial charge in [0.2, 0.25) is 0 Å². The summed E-state index contributed by atoms with van der Waals surface area (Å²) in [5.41, 5.74) is 1.05. The van der Waals surface area contributed by atoms with Gasteiger partial charge in [-0.15, -0.1) is 0 Å². The van der Waals surface area contributed by atoms with Crippen molar-refractivity contribution in [3.05, 3.63) is 17.0 Å². The molecule has 1 aromatic rings. The summed E-state index contributed by atoms with van der Waals surface area (Å²) in [6.45, 7) is 1.41. The van der Waals surface area contributed by atoms with Crippen LogP contribution in [-0.2, 0) is 17.6 Å². The predicted molar refractivity (Wildman–Crippen MR) is 57.7 cm³/mol. The maximum Gasteiger partial charge on any atom is 0.325 e. The highest BCUT2D eigenvalue weighted by atomic mass is 16.5. The quantitative estimate of drug-likeness (QED) is 0.810. The number of nitrogens with zero attached hydrogens (tertiary/aromatic N) is 1. The smallest absolute Gasteiger partial charge is 0.325 e. The molecule has 0 aromatic carbocycles. The van der Waals surface area contributed by atoms with Gasteiger partial charge in [-0.05, 0) is 26.2 Å². The number of amides is 1. The van der Waals surface area contributed by atoms with Crippen LogP contribution in [0.5, 0.6) is 0 Å². The molecule has 1 aliphatic rings. The van der Waals surface area contributed by atoms with Crippen molar-refractivity contribution in [2.45, 2.75) is 38.6 Å². The number of nitrogens with one attached hydrogen (secondary N) is 1. The molecule has 0 saturated heterocycles. The number of aromatic nitrogens is 1. The number of rotatable bonds is 3. The lowest BCUT2D eigenvalue weighted by molar-refractivity contribution is -0.138. The molecule has 1 aliphatic carbocycles. The molecule has 2 N–H and O–H groups in total. The zero-order chi connectivity index (χ0) is 12.4. The Balaban J connectivity index is 2.14. The maximum absolute atomic E-state index is 11.8. The Morgan fingerprint density at radius 1 is 1.41 bits per heavy atom. The summed E-state index contributed by atoms with van der Waals surface area (Å²) in [7, 11) is 0. The van der Waals surface area contributed by atoms with Gasteiger partial charge < -0.3 is 14.9 Å². The normalized spacial score (nSPS) is 16.1. The van der Waals surface area contributed by atoms with Crippen LogP contribution in [0.25, 0.3) is 0 Å². The second kappa shape index (κ2) is 4.57. The summed E-state index contributed by atoms with van der Waals surface area (Å²) in [6.07, 6.45) is 3.60. The molecule has 1 aromatic heterocycles. The van der Waals surface area contributed by atoms with E-state index in [0.717, 1.165) is 37.0 Å². The van der Waals surface area contributed by atoms with E-state index >= 15 is 0 Å². The molecule has 92 valence electrons. The second-order valence-electron chi connectivity index (χ2n) is 4.17. The summed E-state index contributed by atoms with van der Waals surface area (Å²) in [6, 6.07) is -0.932. The van der Waals surface area contributed by atoms with Crippen LogP contribution in [0, 0.1) is 0 Å². The van der Waals surface area contributed by atoms with Crippen molar-refractivity contribution in [1.29, 1.82) is 0 Å². The summed E-state index contributed by atoms with van der Waals surface area (Å²) < 4.78 is 5.09. The maximum atomic E-state index is 11.8. The molecule has 0 bridgehead atoms. The van der Waals surface area contributed by atoms with Gasteiger partial charge in [-0.1, -0.05) is 5.16 Å². The SMILES string of the molecule is CC(NC(=O)c1noc2c1CCCC2)C(=O)O. The lowest BCUT2D eigenvalue weighted by atomic mass is 9.96. The van der Waals surface area contributed by atoms with Gasteiger partial charge in [-0.2, -0.15) is 0 Å². The number of hydrogen-bond donors (Lipinski definition) is 2. The monoisotopic (exact) mass is 238 g/mol. The highest BCUT2D eigenvalue weighted by Gasteiger charge is 2.25. The molecule has 0 saturated carbocycles. The van der Waals surface area contributed by atoms with Crippen molar-refractivity contribution >= 4 is 11.9 Å². The first kappa shape index (κ1) is 11.6. The molecule has 1 heterocycles. The number of aliphatic carboxylic acids is 1. The van der Waals surface area contributed by atoms with Crippen LogP contribution in [-0.4, -0.2) is 28.2 Å². The largest absolute Gasteiger partial charge is 0.480 e. The molecule has 1 amide bonds. The van der Waals surface area contributed by atoms with Gasteiger partial charge >= 0.3 is 5.97 Å². The molecule has 17 heavy (non-hydrogen) atoms. The van der Waals surface area contributed by atoms with E-state index in [9.17, 15) is 9.59 Å². The Labute approximate surface area is 98.0 Å². The Morgan fingerprint density at radius 2 is 2.12 bits per heavy atom. The molecule has 6 heteroatoms. The van der Waals surface area contributed by atoms with Gasteiger partial charge in [0.05, 0.1) is 0 Å². The number of carbonyl (C=O) groups excluding carboxylic acids is 1. The van der Waals surface area contributed by atoms with Crippen molar-refractivity contribution in [3.63, 3.8) is 0 Å². The lowest BCUT2D eigenvalue weighted by Gasteiger charge is -2.10. The molecule has 2 rings (SSSR count). The fourth-order valence-corrected chi connectivity index (χ4v) is 1.89. The Morgan fingerprint density at radius 3 is 2.82 bits per heavy atom. The molecular formula is C11H14N2O4. The van der Waals surface area contributed by atoms with Gasteiger partial charge in [0.1, 0.15) is 11.8 Å². The van der Waals surface area contributed by atoms with Crippen LogP contribution in [0.3, 0.4) is 0 Å². The number of carboxylic acid groups (broad SMARTS) is 1. The minimum atomic E-state index is -1.07. The van der Waals surface area contributed by atoms with Crippen molar-refractivity contribution in [3.8, 4) is 0 Å². The van der Waals surface area contributed by atoms with Crippen LogP contribution in [0.1, 0.15) is 41.6 Å². The highest BCUT2D eigenvalue weighted by Crippen LogP contribution is 2.24. The Kier molecular flexibility index (Phi) is 3.12. The Bertz CT molecular complexity index is 452. The number of aryl methyl sites for hydroxylation is 1. The van der Waals surface area contributed by atoms with Crippen LogP contribution < -0.4 is 5.32 Å². The fourth-order valence-electron chi connectivity index (χ4n) is 1.89. The number of carbonyl (C=O) groups is 2. The number of carboxylic acids is 1. The van der Waals surface area contributed by atoms with E-state index in [1.807, 2.05) is 0 Å². The molecular weight excluding hydrogens is 224 g/mol. The Hall–Kier alpha value is -1.85. The van der Waals surface area contributed by atoms with Crippen LogP contribution in [0.4, 0.5) is 0 Å². The highest BCUT2D eigenvalue weighted by molar-refractivity contribution is 5.96. The van der Waals surface area contributed by atoms with Crippen LogP contribution in [0.2, 0.25) is 0 Å². The van der Waals surface area contributed by atoms with Crippen molar-refractivity contribution in [2.24, 2.45) is 0 Å². The molecule has 1 unspecified atom stereocenters. The summed E-state index contributed by atoms with van der Waals surface area (Å²) in [5, 5.41) is 14.8. The van der Waals surface area contributed by atoms with Gasteiger partial charge in [-0.3, -0.25) is 9.59 Å². The zero-order valence-electron chi connectivity index (χ0n) is 9.52. The van der Waals surface area contributed by atoms with Gasteiger partial charge in [0, 0.05) is 12.0 Å². The van der Waals surface area contributed by atoms with E-state index in [-0.39, 0.29) is 5.69 Å². The van der Waals surface area contributed by atoms with Crippen molar-refractivity contribution in [2.75, 3.05) is 0 Å². The predicted octanol–water partition coefficient (Wildman–Crippen LogP) is 0.756. The minimum Gasteiger partial charge on any atom is -0.480 e. The standard InChI is InChI=1S/C11H14N2O4/c1-6(11(15)16)12-10(14)9-7-4-2-3-5-8(7)17-13-9/h6H,2-5H2,1H3,(H,12,14)(H,15,16).